The lowest BCUT2D eigenvalue weighted by atomic mass is 9.96. The van der Waals surface area contributed by atoms with Crippen LogP contribution in [0.2, 0.25) is 0 Å². The number of hydrogen-bond acceptors (Lipinski definition) is 3. The average Bonchev–Trinajstić information content (AvgIpc) is 2.98. The molecule has 0 spiro atoms. The lowest BCUT2D eigenvalue weighted by molar-refractivity contribution is 0.787. The summed E-state index contributed by atoms with van der Waals surface area (Å²) in [4.78, 5) is 0. The quantitative estimate of drug-likeness (QED) is 0.512. The first kappa shape index (κ1) is 16.5. The van der Waals surface area contributed by atoms with Gasteiger partial charge in [0.2, 0.25) is 0 Å². The SMILES string of the molecule is Cc1cc(C)n(-c2cc(-c3ccc4nnccc4c3)ccc2C(C)C)n1. The Hall–Kier alpha value is -3.01. The highest BCUT2D eigenvalue weighted by atomic mass is 15.3. The Bertz CT molecular complexity index is 1090. The van der Waals surface area contributed by atoms with Crippen LogP contribution in [0.25, 0.3) is 27.7 Å². The van der Waals surface area contributed by atoms with Gasteiger partial charge in [-0.3, -0.25) is 0 Å². The van der Waals surface area contributed by atoms with Gasteiger partial charge in [0.25, 0.3) is 0 Å². The van der Waals surface area contributed by atoms with Crippen molar-refractivity contribution < 1.29 is 0 Å². The van der Waals surface area contributed by atoms with Crippen LogP contribution in [-0.4, -0.2) is 20.0 Å². The first-order chi connectivity index (χ1) is 12.5. The summed E-state index contributed by atoms with van der Waals surface area (Å²) in [5, 5.41) is 13.9. The number of rotatable bonds is 3. The van der Waals surface area contributed by atoms with Gasteiger partial charge in [0, 0.05) is 11.1 Å². The zero-order valence-corrected chi connectivity index (χ0v) is 15.6. The number of benzene rings is 2. The molecule has 0 aliphatic rings. The van der Waals surface area contributed by atoms with Crippen molar-refractivity contribution in [3.05, 3.63) is 71.7 Å². The Morgan fingerprint density at radius 2 is 1.65 bits per heavy atom. The maximum atomic E-state index is 4.71. The lowest BCUT2D eigenvalue weighted by Gasteiger charge is -2.16. The molecule has 26 heavy (non-hydrogen) atoms. The van der Waals surface area contributed by atoms with Gasteiger partial charge in [-0.25, -0.2) is 4.68 Å². The highest BCUT2D eigenvalue weighted by molar-refractivity contribution is 5.84. The molecule has 0 amide bonds. The second kappa shape index (κ2) is 6.37. The molecule has 2 aromatic heterocycles. The minimum Gasteiger partial charge on any atom is -0.238 e. The molecule has 4 rings (SSSR count). The molecule has 0 saturated heterocycles. The summed E-state index contributed by atoms with van der Waals surface area (Å²) in [6.07, 6.45) is 1.73. The normalized spacial score (nSPS) is 11.4. The van der Waals surface area contributed by atoms with Crippen molar-refractivity contribution in [2.24, 2.45) is 0 Å². The van der Waals surface area contributed by atoms with Crippen molar-refractivity contribution in [2.45, 2.75) is 33.6 Å². The number of fused-ring (bicyclic) bond motifs is 1. The van der Waals surface area contributed by atoms with Crippen molar-refractivity contribution >= 4 is 10.9 Å². The standard InChI is InChI=1S/C22H22N4/c1-14(2)20-7-5-18(13-22(20)26-16(4)11-15(3)25-26)17-6-8-21-19(12-17)9-10-23-24-21/h5-14H,1-4H3. The third kappa shape index (κ3) is 2.88. The smallest absolute Gasteiger partial charge is 0.0930 e. The molecule has 4 nitrogen and oxygen atoms in total. The molecule has 130 valence electrons. The Morgan fingerprint density at radius 3 is 2.38 bits per heavy atom. The minimum absolute atomic E-state index is 0.426. The third-order valence-corrected chi connectivity index (χ3v) is 4.74. The van der Waals surface area contributed by atoms with Gasteiger partial charge in [-0.1, -0.05) is 32.0 Å². The molecule has 4 heteroatoms. The van der Waals surface area contributed by atoms with E-state index in [4.69, 9.17) is 5.10 Å². The van der Waals surface area contributed by atoms with Crippen LogP contribution in [0.1, 0.15) is 36.7 Å². The first-order valence-corrected chi connectivity index (χ1v) is 8.92. The van der Waals surface area contributed by atoms with Crippen LogP contribution < -0.4 is 0 Å². The summed E-state index contributed by atoms with van der Waals surface area (Å²) in [5.41, 5.74) is 7.89. The van der Waals surface area contributed by atoms with Gasteiger partial charge in [0.15, 0.2) is 0 Å². The number of nitrogens with zero attached hydrogens (tertiary/aromatic N) is 4. The van der Waals surface area contributed by atoms with Crippen LogP contribution in [0, 0.1) is 13.8 Å². The Kier molecular flexibility index (Phi) is 4.03. The highest BCUT2D eigenvalue weighted by Crippen LogP contribution is 2.31. The monoisotopic (exact) mass is 342 g/mol. The molecular formula is C22H22N4. The summed E-state index contributed by atoms with van der Waals surface area (Å²) >= 11 is 0. The molecule has 0 saturated carbocycles. The Balaban J connectivity index is 1.89. The zero-order chi connectivity index (χ0) is 18.3. The summed E-state index contributed by atoms with van der Waals surface area (Å²) in [5.74, 6) is 0.426. The summed E-state index contributed by atoms with van der Waals surface area (Å²) in [6, 6.07) is 17.1. The number of aromatic nitrogens is 4. The third-order valence-electron chi connectivity index (χ3n) is 4.74. The second-order valence-electron chi connectivity index (χ2n) is 7.07. The molecule has 0 fully saturated rings. The zero-order valence-electron chi connectivity index (χ0n) is 15.6. The van der Waals surface area contributed by atoms with Gasteiger partial charge in [-0.05, 0) is 66.8 Å². The molecule has 4 aromatic rings. The molecule has 0 aliphatic heterocycles. The van der Waals surface area contributed by atoms with Crippen molar-refractivity contribution in [2.75, 3.05) is 0 Å². The van der Waals surface area contributed by atoms with Gasteiger partial charge in [0.05, 0.1) is 23.1 Å². The molecule has 2 aromatic carbocycles. The van der Waals surface area contributed by atoms with E-state index in [1.807, 2.05) is 19.1 Å². The fourth-order valence-corrected chi connectivity index (χ4v) is 3.44. The maximum absolute atomic E-state index is 4.71. The topological polar surface area (TPSA) is 43.6 Å². The van der Waals surface area contributed by atoms with E-state index >= 15 is 0 Å². The molecule has 0 radical (unpaired) electrons. The van der Waals surface area contributed by atoms with Gasteiger partial charge in [-0.2, -0.15) is 15.3 Å². The van der Waals surface area contributed by atoms with Crippen molar-refractivity contribution in [3.8, 4) is 16.8 Å². The van der Waals surface area contributed by atoms with E-state index in [-0.39, 0.29) is 0 Å². The van der Waals surface area contributed by atoms with E-state index in [1.165, 1.54) is 16.7 Å². The van der Waals surface area contributed by atoms with Crippen LogP contribution in [0.5, 0.6) is 0 Å². The molecule has 0 atom stereocenters. The van der Waals surface area contributed by atoms with Crippen molar-refractivity contribution in [3.63, 3.8) is 0 Å². The number of aryl methyl sites for hydroxylation is 2. The molecule has 0 N–H and O–H groups in total. The predicted molar refractivity (Wildman–Crippen MR) is 106 cm³/mol. The predicted octanol–water partition coefficient (Wildman–Crippen LogP) is 5.22. The van der Waals surface area contributed by atoms with Crippen LogP contribution in [-0.2, 0) is 0 Å². The number of hydrogen-bond donors (Lipinski definition) is 0. The van der Waals surface area contributed by atoms with Gasteiger partial charge < -0.3 is 0 Å². The van der Waals surface area contributed by atoms with E-state index in [0.717, 1.165) is 28.0 Å². The van der Waals surface area contributed by atoms with E-state index in [0.29, 0.717) is 5.92 Å². The van der Waals surface area contributed by atoms with Crippen molar-refractivity contribution in [1.29, 1.82) is 0 Å². The fraction of sp³-hybridized carbons (Fsp3) is 0.227. The van der Waals surface area contributed by atoms with Crippen LogP contribution >= 0.6 is 0 Å². The fourth-order valence-electron chi connectivity index (χ4n) is 3.44. The highest BCUT2D eigenvalue weighted by Gasteiger charge is 2.13. The molecule has 0 bridgehead atoms. The van der Waals surface area contributed by atoms with Crippen LogP contribution in [0.15, 0.2) is 54.7 Å². The average molecular weight is 342 g/mol. The lowest BCUT2D eigenvalue weighted by Crippen LogP contribution is -2.05. The van der Waals surface area contributed by atoms with Crippen molar-refractivity contribution in [1.82, 2.24) is 20.0 Å². The molecular weight excluding hydrogens is 320 g/mol. The van der Waals surface area contributed by atoms with E-state index in [9.17, 15) is 0 Å². The molecule has 2 heterocycles. The Labute approximate surface area is 153 Å². The molecule has 0 aliphatic carbocycles. The van der Waals surface area contributed by atoms with E-state index in [1.54, 1.807) is 6.20 Å². The molecule has 0 unspecified atom stereocenters. The minimum atomic E-state index is 0.426. The Morgan fingerprint density at radius 1 is 0.885 bits per heavy atom. The second-order valence-corrected chi connectivity index (χ2v) is 7.07. The van der Waals surface area contributed by atoms with Crippen LogP contribution in [0.3, 0.4) is 0 Å². The van der Waals surface area contributed by atoms with E-state index in [2.05, 4.69) is 72.0 Å². The van der Waals surface area contributed by atoms with Crippen LogP contribution in [0.4, 0.5) is 0 Å². The van der Waals surface area contributed by atoms with E-state index < -0.39 is 0 Å². The largest absolute Gasteiger partial charge is 0.238 e. The summed E-state index contributed by atoms with van der Waals surface area (Å²) in [6.45, 7) is 8.58. The maximum Gasteiger partial charge on any atom is 0.0930 e. The van der Waals surface area contributed by atoms with Gasteiger partial charge >= 0.3 is 0 Å². The summed E-state index contributed by atoms with van der Waals surface area (Å²) in [7, 11) is 0. The first-order valence-electron chi connectivity index (χ1n) is 8.92. The van der Waals surface area contributed by atoms with Gasteiger partial charge in [0.1, 0.15) is 0 Å². The summed E-state index contributed by atoms with van der Waals surface area (Å²) < 4.78 is 2.06. The van der Waals surface area contributed by atoms with Gasteiger partial charge in [-0.15, -0.1) is 0 Å².